The Morgan fingerprint density at radius 1 is 0.826 bits per heavy atom. The maximum absolute atomic E-state index is 12.1. The summed E-state index contributed by atoms with van der Waals surface area (Å²) < 4.78 is 5.59. The molecule has 0 heterocycles. The summed E-state index contributed by atoms with van der Waals surface area (Å²) in [6, 6.07) is 17.7. The van der Waals surface area contributed by atoms with Gasteiger partial charge >= 0.3 is 5.97 Å². The highest BCUT2D eigenvalue weighted by Gasteiger charge is 2.10. The van der Waals surface area contributed by atoms with Gasteiger partial charge in [-0.2, -0.15) is 0 Å². The Morgan fingerprint density at radius 2 is 1.48 bits per heavy atom. The molecule has 2 rings (SSSR count). The van der Waals surface area contributed by atoms with Gasteiger partial charge in [0.15, 0.2) is 0 Å². The largest absolute Gasteiger partial charge is 0.426 e. The van der Waals surface area contributed by atoms with E-state index in [0.717, 1.165) is 24.0 Å². The summed E-state index contributed by atoms with van der Waals surface area (Å²) in [5.74, 6) is 0.513. The van der Waals surface area contributed by atoms with Crippen LogP contribution in [0.4, 0.5) is 0 Å². The van der Waals surface area contributed by atoms with E-state index in [1.54, 1.807) is 0 Å². The number of benzene rings is 2. The zero-order valence-corrected chi connectivity index (χ0v) is 14.0. The molecule has 0 saturated carbocycles. The third kappa shape index (κ3) is 5.90. The van der Waals surface area contributed by atoms with Crippen molar-refractivity contribution in [3.05, 3.63) is 54.6 Å². The summed E-state index contributed by atoms with van der Waals surface area (Å²) in [7, 11) is 0. The number of hydrogen-bond acceptors (Lipinski definition) is 2. The molecule has 0 N–H and O–H groups in total. The lowest BCUT2D eigenvalue weighted by Gasteiger charge is -2.10. The van der Waals surface area contributed by atoms with Crippen LogP contribution in [-0.2, 0) is 4.79 Å². The first-order valence-corrected chi connectivity index (χ1v) is 8.66. The number of rotatable bonds is 9. The van der Waals surface area contributed by atoms with Crippen molar-refractivity contribution in [3.63, 3.8) is 0 Å². The van der Waals surface area contributed by atoms with Gasteiger partial charge in [-0.1, -0.05) is 87.6 Å². The first-order valence-electron chi connectivity index (χ1n) is 8.66. The van der Waals surface area contributed by atoms with Gasteiger partial charge in [-0.05, 0) is 18.1 Å². The Kier molecular flexibility index (Phi) is 7.38. The molecule has 0 saturated heterocycles. The average molecular weight is 310 g/mol. The van der Waals surface area contributed by atoms with Crippen molar-refractivity contribution in [1.82, 2.24) is 0 Å². The van der Waals surface area contributed by atoms with Crippen LogP contribution in [0.5, 0.6) is 5.75 Å². The molecular weight excluding hydrogens is 284 g/mol. The number of carbonyl (C=O) groups is 1. The van der Waals surface area contributed by atoms with Crippen LogP contribution in [-0.4, -0.2) is 5.97 Å². The Hall–Kier alpha value is -2.09. The Labute approximate surface area is 139 Å². The van der Waals surface area contributed by atoms with Gasteiger partial charge in [0, 0.05) is 12.0 Å². The highest BCUT2D eigenvalue weighted by atomic mass is 16.5. The Morgan fingerprint density at radius 3 is 2.26 bits per heavy atom. The monoisotopic (exact) mass is 310 g/mol. The smallest absolute Gasteiger partial charge is 0.311 e. The quantitative estimate of drug-likeness (QED) is 0.322. The van der Waals surface area contributed by atoms with E-state index in [2.05, 4.69) is 6.92 Å². The summed E-state index contributed by atoms with van der Waals surface area (Å²) in [6.07, 6.45) is 7.53. The van der Waals surface area contributed by atoms with Crippen molar-refractivity contribution in [2.24, 2.45) is 0 Å². The third-order valence-electron chi connectivity index (χ3n) is 3.93. The maximum atomic E-state index is 12.1. The van der Waals surface area contributed by atoms with E-state index in [4.69, 9.17) is 4.74 Å². The SMILES string of the molecule is CCCCCCCCC(=O)Oc1ccccc1-c1ccccc1. The fraction of sp³-hybridized carbons (Fsp3) is 0.381. The number of ether oxygens (including phenoxy) is 1. The van der Waals surface area contributed by atoms with E-state index < -0.39 is 0 Å². The molecule has 0 spiro atoms. The molecule has 23 heavy (non-hydrogen) atoms. The van der Waals surface area contributed by atoms with Crippen molar-refractivity contribution in [1.29, 1.82) is 0 Å². The van der Waals surface area contributed by atoms with E-state index in [0.29, 0.717) is 12.2 Å². The Balaban J connectivity index is 1.87. The van der Waals surface area contributed by atoms with Gasteiger partial charge in [0.1, 0.15) is 5.75 Å². The van der Waals surface area contributed by atoms with Crippen LogP contribution in [0.15, 0.2) is 54.6 Å². The zero-order chi connectivity index (χ0) is 16.3. The third-order valence-corrected chi connectivity index (χ3v) is 3.93. The minimum atomic E-state index is -0.135. The van der Waals surface area contributed by atoms with Gasteiger partial charge in [0.05, 0.1) is 0 Å². The highest BCUT2D eigenvalue weighted by molar-refractivity contribution is 5.77. The van der Waals surface area contributed by atoms with Crippen molar-refractivity contribution in [2.45, 2.75) is 51.9 Å². The molecule has 0 bridgehead atoms. The molecule has 2 aromatic carbocycles. The number of hydrogen-bond donors (Lipinski definition) is 0. The molecule has 0 aliphatic heterocycles. The molecular formula is C21H26O2. The molecule has 0 aliphatic carbocycles. The molecule has 122 valence electrons. The van der Waals surface area contributed by atoms with Crippen LogP contribution in [0.1, 0.15) is 51.9 Å². The van der Waals surface area contributed by atoms with Crippen molar-refractivity contribution >= 4 is 5.97 Å². The summed E-state index contributed by atoms with van der Waals surface area (Å²) in [5, 5.41) is 0. The van der Waals surface area contributed by atoms with Crippen LogP contribution < -0.4 is 4.74 Å². The van der Waals surface area contributed by atoms with Crippen LogP contribution in [0, 0.1) is 0 Å². The summed E-state index contributed by atoms with van der Waals surface area (Å²) in [6.45, 7) is 2.21. The molecule has 0 unspecified atom stereocenters. The van der Waals surface area contributed by atoms with E-state index in [-0.39, 0.29) is 5.97 Å². The van der Waals surface area contributed by atoms with Crippen molar-refractivity contribution in [2.75, 3.05) is 0 Å². The number of unbranched alkanes of at least 4 members (excludes halogenated alkanes) is 5. The van der Waals surface area contributed by atoms with Crippen molar-refractivity contribution in [3.8, 4) is 16.9 Å². The molecule has 0 aliphatic rings. The van der Waals surface area contributed by atoms with E-state index in [1.165, 1.54) is 25.7 Å². The first-order chi connectivity index (χ1) is 11.3. The van der Waals surface area contributed by atoms with Gasteiger partial charge < -0.3 is 4.74 Å². The zero-order valence-electron chi connectivity index (χ0n) is 14.0. The van der Waals surface area contributed by atoms with Crippen LogP contribution in [0.2, 0.25) is 0 Å². The lowest BCUT2D eigenvalue weighted by Crippen LogP contribution is -2.08. The summed E-state index contributed by atoms with van der Waals surface area (Å²) in [5.41, 5.74) is 2.03. The minimum Gasteiger partial charge on any atom is -0.426 e. The Bertz CT molecular complexity index is 590. The average Bonchev–Trinajstić information content (AvgIpc) is 2.59. The highest BCUT2D eigenvalue weighted by Crippen LogP contribution is 2.29. The fourth-order valence-corrected chi connectivity index (χ4v) is 2.64. The molecule has 2 aromatic rings. The summed E-state index contributed by atoms with van der Waals surface area (Å²) in [4.78, 5) is 12.1. The van der Waals surface area contributed by atoms with E-state index in [9.17, 15) is 4.79 Å². The lowest BCUT2D eigenvalue weighted by molar-refractivity contribution is -0.134. The van der Waals surface area contributed by atoms with Gasteiger partial charge in [0.2, 0.25) is 0 Å². The minimum absolute atomic E-state index is 0.135. The van der Waals surface area contributed by atoms with E-state index in [1.807, 2.05) is 54.6 Å². The number of para-hydroxylation sites is 1. The van der Waals surface area contributed by atoms with Crippen LogP contribution >= 0.6 is 0 Å². The topological polar surface area (TPSA) is 26.3 Å². The normalized spacial score (nSPS) is 10.5. The molecule has 0 fully saturated rings. The fourth-order valence-electron chi connectivity index (χ4n) is 2.64. The second kappa shape index (κ2) is 9.83. The molecule has 0 amide bonds. The second-order valence-corrected chi connectivity index (χ2v) is 5.85. The standard InChI is InChI=1S/C21H26O2/c1-2-3-4-5-6-10-17-21(22)23-20-16-12-11-15-19(20)18-13-8-7-9-14-18/h7-9,11-16H,2-6,10,17H2,1H3. The summed E-state index contributed by atoms with van der Waals surface area (Å²) >= 11 is 0. The van der Waals surface area contributed by atoms with Gasteiger partial charge in [-0.25, -0.2) is 0 Å². The van der Waals surface area contributed by atoms with Gasteiger partial charge in [-0.3, -0.25) is 4.79 Å². The van der Waals surface area contributed by atoms with Crippen molar-refractivity contribution < 1.29 is 9.53 Å². The first kappa shape index (κ1) is 17.3. The predicted molar refractivity (Wildman–Crippen MR) is 95.5 cm³/mol. The number of carbonyl (C=O) groups excluding carboxylic acids is 1. The van der Waals surface area contributed by atoms with Crippen LogP contribution in [0.3, 0.4) is 0 Å². The molecule has 2 heteroatoms. The number of esters is 1. The maximum Gasteiger partial charge on any atom is 0.311 e. The molecule has 0 aromatic heterocycles. The van der Waals surface area contributed by atoms with Gasteiger partial charge in [-0.15, -0.1) is 0 Å². The van der Waals surface area contributed by atoms with Crippen LogP contribution in [0.25, 0.3) is 11.1 Å². The second-order valence-electron chi connectivity index (χ2n) is 5.85. The molecule has 0 radical (unpaired) electrons. The molecule has 2 nitrogen and oxygen atoms in total. The lowest BCUT2D eigenvalue weighted by atomic mass is 10.0. The van der Waals surface area contributed by atoms with Gasteiger partial charge in [0.25, 0.3) is 0 Å². The van der Waals surface area contributed by atoms with E-state index >= 15 is 0 Å². The molecule has 0 atom stereocenters. The predicted octanol–water partition coefficient (Wildman–Crippen LogP) is 6.01.